The van der Waals surface area contributed by atoms with Gasteiger partial charge >= 0.3 is 0 Å². The molecule has 0 nitrogen and oxygen atoms in total. The maximum absolute atomic E-state index is 2.41. The lowest BCUT2D eigenvalue weighted by Crippen LogP contribution is -1.88. The molecule has 0 saturated heterocycles. The minimum absolute atomic E-state index is 1.24. The predicted molar refractivity (Wildman–Crippen MR) is 217 cm³/mol. The maximum Gasteiger partial charge on any atom is -0.000473 e. The second-order valence-electron chi connectivity index (χ2n) is 14.1. The summed E-state index contributed by atoms with van der Waals surface area (Å²) < 4.78 is 0. The average Bonchev–Trinajstić information content (AvgIpc) is 3.68. The average molecular weight is 633 g/mol. The van der Waals surface area contributed by atoms with Gasteiger partial charge < -0.3 is 0 Å². The monoisotopic (exact) mass is 632 g/mol. The molecule has 0 amide bonds. The van der Waals surface area contributed by atoms with E-state index >= 15 is 0 Å². The molecule has 0 saturated carbocycles. The number of hydrogen-bond acceptors (Lipinski definition) is 0. The van der Waals surface area contributed by atoms with Crippen LogP contribution in [0.3, 0.4) is 0 Å². The van der Waals surface area contributed by atoms with Gasteiger partial charge in [-0.05, 0) is 140 Å². The first kappa shape index (κ1) is 27.7. The van der Waals surface area contributed by atoms with Crippen molar-refractivity contribution < 1.29 is 0 Å². The van der Waals surface area contributed by atoms with E-state index in [9.17, 15) is 0 Å². The quantitative estimate of drug-likeness (QED) is 0.182. The molecular formula is C50H32. The fourth-order valence-corrected chi connectivity index (χ4v) is 9.20. The Morgan fingerprint density at radius 1 is 0.280 bits per heavy atom. The van der Waals surface area contributed by atoms with Crippen LogP contribution in [0.25, 0.3) is 109 Å². The molecule has 11 aromatic rings. The summed E-state index contributed by atoms with van der Waals surface area (Å²) in [6, 6.07) is 58.9. The molecule has 0 aromatic heterocycles. The summed E-state index contributed by atoms with van der Waals surface area (Å²) in [5.41, 5.74) is 10.3. The van der Waals surface area contributed by atoms with Crippen LogP contribution in [0.2, 0.25) is 0 Å². The highest BCUT2D eigenvalue weighted by atomic mass is 14.3. The zero-order valence-corrected chi connectivity index (χ0v) is 28.0. The van der Waals surface area contributed by atoms with Crippen molar-refractivity contribution in [3.63, 3.8) is 0 Å². The van der Waals surface area contributed by atoms with Crippen LogP contribution in [0.15, 0.2) is 158 Å². The van der Waals surface area contributed by atoms with Gasteiger partial charge in [-0.2, -0.15) is 0 Å². The van der Waals surface area contributed by atoms with Crippen molar-refractivity contribution in [1.29, 1.82) is 0 Å². The van der Waals surface area contributed by atoms with E-state index in [2.05, 4.69) is 172 Å². The first-order chi connectivity index (χ1) is 24.7. The van der Waals surface area contributed by atoms with Crippen molar-refractivity contribution in [2.75, 3.05) is 0 Å². The summed E-state index contributed by atoms with van der Waals surface area (Å²) in [6.45, 7) is 4.53. The largest absolute Gasteiger partial charge is 0.0620 e. The number of fused-ring (bicyclic) bond motifs is 8. The SMILES string of the molecule is Cc1ccccc1-c1c2cccc3c4cccc(C)c4c(c23)c2c3ccc(-c4ccc(-c5ccc6ccccc6c5)cc4)c4cccc(c12)c43. The molecule has 50 heavy (non-hydrogen) atoms. The number of hydrogen-bond donors (Lipinski definition) is 0. The highest BCUT2D eigenvalue weighted by Crippen LogP contribution is 2.54. The Bertz CT molecular complexity index is 3140. The lowest BCUT2D eigenvalue weighted by molar-refractivity contribution is 1.48. The molecule has 0 bridgehead atoms. The molecule has 0 spiro atoms. The van der Waals surface area contributed by atoms with Crippen LogP contribution in [0.4, 0.5) is 0 Å². The van der Waals surface area contributed by atoms with Crippen LogP contribution in [-0.4, -0.2) is 0 Å². The van der Waals surface area contributed by atoms with Gasteiger partial charge in [-0.3, -0.25) is 0 Å². The minimum Gasteiger partial charge on any atom is -0.0620 e. The molecule has 232 valence electrons. The summed E-state index contributed by atoms with van der Waals surface area (Å²) in [5.74, 6) is 0. The number of benzene rings is 9. The molecule has 0 heteroatoms. The van der Waals surface area contributed by atoms with E-state index in [1.165, 1.54) is 120 Å². The van der Waals surface area contributed by atoms with Crippen molar-refractivity contribution in [3.05, 3.63) is 169 Å². The van der Waals surface area contributed by atoms with Crippen molar-refractivity contribution in [2.24, 2.45) is 0 Å². The Kier molecular flexibility index (Phi) is 5.61. The summed E-state index contributed by atoms with van der Waals surface area (Å²) in [4.78, 5) is 0. The maximum atomic E-state index is 2.41. The Labute approximate surface area is 290 Å². The van der Waals surface area contributed by atoms with Gasteiger partial charge in [0.05, 0.1) is 0 Å². The molecule has 0 aliphatic rings. The van der Waals surface area contributed by atoms with Crippen molar-refractivity contribution >= 4 is 75.4 Å². The second-order valence-corrected chi connectivity index (χ2v) is 14.1. The van der Waals surface area contributed by atoms with Crippen LogP contribution >= 0.6 is 0 Å². The molecule has 0 radical (unpaired) electrons. The zero-order valence-electron chi connectivity index (χ0n) is 28.0. The molecule has 0 unspecified atom stereocenters. The molecule has 0 aliphatic heterocycles. The van der Waals surface area contributed by atoms with Gasteiger partial charge in [0.1, 0.15) is 0 Å². The minimum atomic E-state index is 1.24. The van der Waals surface area contributed by atoms with E-state index in [-0.39, 0.29) is 0 Å². The molecule has 0 N–H and O–H groups in total. The van der Waals surface area contributed by atoms with E-state index in [0.717, 1.165) is 0 Å². The zero-order chi connectivity index (χ0) is 33.1. The van der Waals surface area contributed by atoms with Gasteiger partial charge in [0.2, 0.25) is 0 Å². The molecule has 0 atom stereocenters. The smallest absolute Gasteiger partial charge is 0.000473 e. The third-order valence-electron chi connectivity index (χ3n) is 11.4. The van der Waals surface area contributed by atoms with E-state index in [0.29, 0.717) is 0 Å². The Hall–Kier alpha value is -6.24. The number of rotatable bonds is 3. The molecule has 11 aromatic carbocycles. The highest BCUT2D eigenvalue weighted by Gasteiger charge is 2.26. The number of aryl methyl sites for hydroxylation is 2. The third-order valence-corrected chi connectivity index (χ3v) is 11.4. The summed E-state index contributed by atoms with van der Waals surface area (Å²) >= 11 is 0. The van der Waals surface area contributed by atoms with E-state index in [1.807, 2.05) is 0 Å². The van der Waals surface area contributed by atoms with Gasteiger partial charge in [0.15, 0.2) is 0 Å². The molecular weight excluding hydrogens is 601 g/mol. The second kappa shape index (κ2) is 10.1. The Balaban J connectivity index is 1.23. The van der Waals surface area contributed by atoms with E-state index < -0.39 is 0 Å². The molecule has 0 heterocycles. The standard InChI is InChI=1S/C50H32/c1-29-10-3-6-14-36(29)46-42-19-9-17-40-39-15-7-11-30(2)44(39)50(47(40)42)49-43-27-26-37(38-16-8-18-41(45(38)43)48(46)49)33-23-20-32(21-24-33)35-25-22-31-12-4-5-13-34(31)28-35/h3-28H,1-2H3. The summed E-state index contributed by atoms with van der Waals surface area (Å²) in [7, 11) is 0. The van der Waals surface area contributed by atoms with Gasteiger partial charge in [-0.1, -0.05) is 152 Å². The van der Waals surface area contributed by atoms with Crippen molar-refractivity contribution in [1.82, 2.24) is 0 Å². The summed E-state index contributed by atoms with van der Waals surface area (Å²) in [5, 5.41) is 18.9. The van der Waals surface area contributed by atoms with Gasteiger partial charge in [0, 0.05) is 0 Å². The first-order valence-electron chi connectivity index (χ1n) is 17.6. The third kappa shape index (κ3) is 3.66. The highest BCUT2D eigenvalue weighted by molar-refractivity contribution is 6.48. The van der Waals surface area contributed by atoms with E-state index in [1.54, 1.807) is 0 Å². The molecule has 0 aliphatic carbocycles. The van der Waals surface area contributed by atoms with Crippen LogP contribution < -0.4 is 0 Å². The van der Waals surface area contributed by atoms with Crippen molar-refractivity contribution in [3.8, 4) is 33.4 Å². The normalized spacial score (nSPS) is 12.2. The fourth-order valence-electron chi connectivity index (χ4n) is 9.20. The van der Waals surface area contributed by atoms with Crippen LogP contribution in [0.5, 0.6) is 0 Å². The molecule has 0 fully saturated rings. The lowest BCUT2D eigenvalue weighted by atomic mass is 9.88. The van der Waals surface area contributed by atoms with Gasteiger partial charge in [0.25, 0.3) is 0 Å². The van der Waals surface area contributed by atoms with Crippen LogP contribution in [0.1, 0.15) is 11.1 Å². The molecule has 11 rings (SSSR count). The van der Waals surface area contributed by atoms with Crippen LogP contribution in [-0.2, 0) is 0 Å². The van der Waals surface area contributed by atoms with Gasteiger partial charge in [-0.15, -0.1) is 0 Å². The van der Waals surface area contributed by atoms with Crippen LogP contribution in [0, 0.1) is 13.8 Å². The van der Waals surface area contributed by atoms with E-state index in [4.69, 9.17) is 0 Å². The fraction of sp³-hybridized carbons (Fsp3) is 0.0400. The van der Waals surface area contributed by atoms with Crippen molar-refractivity contribution in [2.45, 2.75) is 13.8 Å². The Morgan fingerprint density at radius 3 is 1.74 bits per heavy atom. The topological polar surface area (TPSA) is 0 Å². The lowest BCUT2D eigenvalue weighted by Gasteiger charge is -2.14. The summed E-state index contributed by atoms with van der Waals surface area (Å²) in [6.07, 6.45) is 0. The first-order valence-corrected chi connectivity index (χ1v) is 17.6. The predicted octanol–water partition coefficient (Wildman–Crippen LogP) is 14.3. The van der Waals surface area contributed by atoms with Gasteiger partial charge in [-0.25, -0.2) is 0 Å². The Morgan fingerprint density at radius 2 is 0.900 bits per heavy atom.